The van der Waals surface area contributed by atoms with Crippen molar-refractivity contribution < 1.29 is 13.2 Å². The van der Waals surface area contributed by atoms with Crippen molar-refractivity contribution in [2.45, 2.75) is 45.4 Å². The first-order valence-corrected chi connectivity index (χ1v) is 14.6. The van der Waals surface area contributed by atoms with Gasteiger partial charge in [-0.2, -0.15) is 4.31 Å². The number of anilines is 2. The summed E-state index contributed by atoms with van der Waals surface area (Å²) in [6.45, 7) is 5.98. The molecule has 5 heterocycles. The average molecular weight is 522 g/mol. The fraction of sp³-hybridized carbons (Fsp3) is 0.462. The molecule has 194 valence electrons. The lowest BCUT2D eigenvalue weighted by Gasteiger charge is -2.40. The molecule has 37 heavy (non-hydrogen) atoms. The number of nitrogens with zero attached hydrogens (tertiary/aromatic N) is 7. The summed E-state index contributed by atoms with van der Waals surface area (Å²) >= 11 is 0. The second-order valence-electron chi connectivity index (χ2n) is 9.94. The zero-order valence-corrected chi connectivity index (χ0v) is 22.0. The van der Waals surface area contributed by atoms with Crippen LogP contribution in [0.1, 0.15) is 34.9 Å². The molecule has 0 amide bonds. The van der Waals surface area contributed by atoms with Crippen molar-refractivity contribution in [3.8, 4) is 5.75 Å². The molecule has 3 aromatic rings. The van der Waals surface area contributed by atoms with Crippen LogP contribution >= 0.6 is 0 Å². The molecule has 1 saturated heterocycles. The summed E-state index contributed by atoms with van der Waals surface area (Å²) in [7, 11) is -3.21. The predicted octanol–water partition coefficient (Wildman–Crippen LogP) is 1.98. The molecule has 3 aliphatic heterocycles. The van der Waals surface area contributed by atoms with E-state index in [0.29, 0.717) is 25.5 Å². The van der Waals surface area contributed by atoms with Crippen LogP contribution in [0.5, 0.6) is 5.75 Å². The number of fused-ring (bicyclic) bond motifs is 2. The van der Waals surface area contributed by atoms with Crippen LogP contribution in [0.3, 0.4) is 0 Å². The normalized spacial score (nSPS) is 18.2. The topological polar surface area (TPSA) is 105 Å². The number of sulfonamides is 1. The molecular weight excluding hydrogens is 490 g/mol. The van der Waals surface area contributed by atoms with Crippen molar-refractivity contribution in [3.05, 3.63) is 64.7 Å². The number of hydrogen-bond acceptors (Lipinski definition) is 9. The predicted molar refractivity (Wildman–Crippen MR) is 140 cm³/mol. The number of ether oxygens (including phenoxy) is 1. The van der Waals surface area contributed by atoms with E-state index in [4.69, 9.17) is 9.72 Å². The Bertz CT molecular complexity index is 1410. The summed E-state index contributed by atoms with van der Waals surface area (Å²) in [5.74, 6) is 2.42. The lowest BCUT2D eigenvalue weighted by Crippen LogP contribution is -2.55. The molecule has 0 saturated carbocycles. The maximum atomic E-state index is 11.9. The molecule has 0 radical (unpaired) electrons. The van der Waals surface area contributed by atoms with Gasteiger partial charge in [0.1, 0.15) is 11.9 Å². The van der Waals surface area contributed by atoms with Gasteiger partial charge >= 0.3 is 0 Å². The first-order chi connectivity index (χ1) is 17.9. The highest BCUT2D eigenvalue weighted by atomic mass is 32.2. The smallest absolute Gasteiger partial charge is 0.225 e. The van der Waals surface area contributed by atoms with Crippen LogP contribution < -0.4 is 14.5 Å². The minimum absolute atomic E-state index is 0.0785. The zero-order valence-electron chi connectivity index (χ0n) is 21.2. The van der Waals surface area contributed by atoms with Gasteiger partial charge in [0.2, 0.25) is 21.9 Å². The highest BCUT2D eigenvalue weighted by Crippen LogP contribution is 2.32. The van der Waals surface area contributed by atoms with Crippen molar-refractivity contribution in [2.75, 3.05) is 42.2 Å². The monoisotopic (exact) mass is 521 g/mol. The van der Waals surface area contributed by atoms with Crippen LogP contribution in [0.25, 0.3) is 0 Å². The fourth-order valence-corrected chi connectivity index (χ4v) is 5.92. The van der Waals surface area contributed by atoms with Gasteiger partial charge in [-0.15, -0.1) is 0 Å². The van der Waals surface area contributed by atoms with Crippen LogP contribution in [0.2, 0.25) is 0 Å². The Kier molecular flexibility index (Phi) is 6.20. The summed E-state index contributed by atoms with van der Waals surface area (Å²) in [6.07, 6.45) is 9.34. The molecule has 1 aromatic carbocycles. The van der Waals surface area contributed by atoms with Gasteiger partial charge in [0.05, 0.1) is 25.0 Å². The molecular formula is C26H31N7O3S. The molecule has 11 heteroatoms. The molecule has 0 unspecified atom stereocenters. The largest absolute Gasteiger partial charge is 0.486 e. The lowest BCUT2D eigenvalue weighted by atomic mass is 9.98. The van der Waals surface area contributed by atoms with E-state index in [1.807, 2.05) is 12.4 Å². The third kappa shape index (κ3) is 4.85. The van der Waals surface area contributed by atoms with Gasteiger partial charge in [-0.1, -0.05) is 19.1 Å². The molecule has 10 nitrogen and oxygen atoms in total. The molecule has 0 spiro atoms. The molecule has 0 bridgehead atoms. The van der Waals surface area contributed by atoms with E-state index >= 15 is 0 Å². The average Bonchev–Trinajstić information content (AvgIpc) is 2.89. The van der Waals surface area contributed by atoms with Crippen LogP contribution in [-0.4, -0.2) is 71.2 Å². The van der Waals surface area contributed by atoms with Gasteiger partial charge in [-0.05, 0) is 30.0 Å². The van der Waals surface area contributed by atoms with E-state index < -0.39 is 10.0 Å². The van der Waals surface area contributed by atoms with Crippen LogP contribution in [0, 0.1) is 0 Å². The molecule has 6 rings (SSSR count). The number of aromatic nitrogens is 4. The molecule has 0 atom stereocenters. The number of hydrogen-bond donors (Lipinski definition) is 0. The number of benzene rings is 1. The van der Waals surface area contributed by atoms with E-state index in [1.54, 1.807) is 6.20 Å². The fourth-order valence-electron chi connectivity index (χ4n) is 5.12. The second-order valence-corrected chi connectivity index (χ2v) is 11.9. The van der Waals surface area contributed by atoms with Crippen LogP contribution in [0.15, 0.2) is 36.8 Å². The lowest BCUT2D eigenvalue weighted by molar-refractivity contribution is 0.164. The van der Waals surface area contributed by atoms with E-state index in [2.05, 4.69) is 49.9 Å². The minimum atomic E-state index is -3.21. The Morgan fingerprint density at radius 3 is 2.49 bits per heavy atom. The molecule has 0 N–H and O–H groups in total. The maximum Gasteiger partial charge on any atom is 0.225 e. The Morgan fingerprint density at radius 1 is 0.946 bits per heavy atom. The van der Waals surface area contributed by atoms with E-state index in [0.717, 1.165) is 67.5 Å². The molecule has 0 aliphatic carbocycles. The maximum absolute atomic E-state index is 11.9. The summed E-state index contributed by atoms with van der Waals surface area (Å²) in [6, 6.07) is 6.28. The van der Waals surface area contributed by atoms with Crippen molar-refractivity contribution in [3.63, 3.8) is 0 Å². The first-order valence-electron chi connectivity index (χ1n) is 12.8. The van der Waals surface area contributed by atoms with Crippen LogP contribution in [0.4, 0.5) is 11.9 Å². The Balaban J connectivity index is 1.08. The van der Waals surface area contributed by atoms with Gasteiger partial charge in [0, 0.05) is 62.3 Å². The molecule has 3 aliphatic rings. The third-order valence-electron chi connectivity index (χ3n) is 7.39. The van der Waals surface area contributed by atoms with E-state index in [1.165, 1.54) is 21.7 Å². The number of aryl methyl sites for hydroxylation is 1. The van der Waals surface area contributed by atoms with Crippen molar-refractivity contribution in [2.24, 2.45) is 0 Å². The van der Waals surface area contributed by atoms with E-state index in [9.17, 15) is 8.42 Å². The van der Waals surface area contributed by atoms with Gasteiger partial charge in [-0.3, -0.25) is 0 Å². The van der Waals surface area contributed by atoms with Gasteiger partial charge in [-0.25, -0.2) is 28.4 Å². The Morgan fingerprint density at radius 2 is 1.73 bits per heavy atom. The van der Waals surface area contributed by atoms with Gasteiger partial charge < -0.3 is 14.5 Å². The summed E-state index contributed by atoms with van der Waals surface area (Å²) in [4.78, 5) is 22.7. The Labute approximate surface area is 217 Å². The van der Waals surface area contributed by atoms with Crippen LogP contribution in [-0.2, 0) is 42.4 Å². The van der Waals surface area contributed by atoms with Crippen molar-refractivity contribution >= 4 is 21.9 Å². The second kappa shape index (κ2) is 9.53. The van der Waals surface area contributed by atoms with Crippen molar-refractivity contribution in [1.29, 1.82) is 0 Å². The highest BCUT2D eigenvalue weighted by Gasteiger charge is 2.33. The zero-order chi connectivity index (χ0) is 25.6. The van der Waals surface area contributed by atoms with Gasteiger partial charge in [0.15, 0.2) is 0 Å². The number of rotatable bonds is 6. The molecule has 2 aromatic heterocycles. The van der Waals surface area contributed by atoms with E-state index in [-0.39, 0.29) is 6.10 Å². The molecule has 1 fully saturated rings. The standard InChI is InChI=1S/C26H31N7O3S/c1-3-18-11-27-25(28-12-18)31-9-7-22-19(14-31)5-4-6-24(22)36-21-16-32(17-21)26-29-13-20-15-33(37(2,34)35)10-8-23(20)30-26/h4-6,11-13,21H,3,7-10,14-17H2,1-2H3. The summed E-state index contributed by atoms with van der Waals surface area (Å²) < 4.78 is 31.6. The highest BCUT2D eigenvalue weighted by molar-refractivity contribution is 7.88. The summed E-state index contributed by atoms with van der Waals surface area (Å²) in [5, 5.41) is 0. The quantitative estimate of drug-likeness (QED) is 0.481. The Hall–Kier alpha value is -3.31. The minimum Gasteiger partial charge on any atom is -0.486 e. The van der Waals surface area contributed by atoms with Gasteiger partial charge in [0.25, 0.3) is 0 Å². The summed E-state index contributed by atoms with van der Waals surface area (Å²) in [5.41, 5.74) is 5.48. The third-order valence-corrected chi connectivity index (χ3v) is 8.64. The SMILES string of the molecule is CCc1cnc(N2CCc3c(cccc3OC3CN(c4ncc5c(n4)CCN(S(C)(=O)=O)C5)C3)C2)nc1. The van der Waals surface area contributed by atoms with Crippen molar-refractivity contribution in [1.82, 2.24) is 24.2 Å². The first kappa shape index (κ1) is 24.1.